The minimum Gasteiger partial charge on any atom is -0.476 e. The van der Waals surface area contributed by atoms with Gasteiger partial charge >= 0.3 is 5.97 Å². The van der Waals surface area contributed by atoms with Crippen LogP contribution in [0.15, 0.2) is 12.5 Å². The molecule has 0 aliphatic rings. The SMILES string of the molecule is CNCCC(=O)NCCn1cnc(C(=O)O)c1. The first-order valence-electron chi connectivity index (χ1n) is 5.30. The van der Waals surface area contributed by atoms with Gasteiger partial charge in [0.2, 0.25) is 5.91 Å². The molecular formula is C10H16N4O3. The summed E-state index contributed by atoms with van der Waals surface area (Å²) in [6.45, 7) is 1.60. The minimum absolute atomic E-state index is 0.00603. The average molecular weight is 240 g/mol. The molecule has 0 unspecified atom stereocenters. The molecule has 0 fully saturated rings. The molecule has 0 bridgehead atoms. The molecule has 0 aliphatic carbocycles. The van der Waals surface area contributed by atoms with Crippen LogP contribution in [0.1, 0.15) is 16.9 Å². The second kappa shape index (κ2) is 6.64. The fourth-order valence-corrected chi connectivity index (χ4v) is 1.24. The highest BCUT2D eigenvalue weighted by Crippen LogP contribution is 1.95. The number of aromatic carboxylic acids is 1. The average Bonchev–Trinajstić information content (AvgIpc) is 2.75. The largest absolute Gasteiger partial charge is 0.476 e. The molecule has 0 radical (unpaired) electrons. The number of rotatable bonds is 7. The fraction of sp³-hybridized carbons (Fsp3) is 0.500. The summed E-state index contributed by atoms with van der Waals surface area (Å²) in [5.74, 6) is -1.08. The van der Waals surface area contributed by atoms with Crippen molar-refractivity contribution in [2.45, 2.75) is 13.0 Å². The highest BCUT2D eigenvalue weighted by Gasteiger charge is 2.06. The van der Waals surface area contributed by atoms with E-state index in [0.717, 1.165) is 0 Å². The third kappa shape index (κ3) is 4.64. The summed E-state index contributed by atoms with van der Waals surface area (Å²) in [5.41, 5.74) is 0.00603. The van der Waals surface area contributed by atoms with Gasteiger partial charge in [-0.3, -0.25) is 4.79 Å². The number of nitrogens with zero attached hydrogens (tertiary/aromatic N) is 2. The van der Waals surface area contributed by atoms with Crippen LogP contribution in [0.25, 0.3) is 0 Å². The van der Waals surface area contributed by atoms with E-state index in [1.165, 1.54) is 12.5 Å². The van der Waals surface area contributed by atoms with Crippen molar-refractivity contribution in [2.24, 2.45) is 0 Å². The zero-order valence-corrected chi connectivity index (χ0v) is 9.64. The minimum atomic E-state index is -1.05. The number of hydrogen-bond acceptors (Lipinski definition) is 4. The molecule has 94 valence electrons. The Hall–Kier alpha value is -1.89. The third-order valence-corrected chi connectivity index (χ3v) is 2.15. The highest BCUT2D eigenvalue weighted by molar-refractivity contribution is 5.84. The van der Waals surface area contributed by atoms with Crippen LogP contribution in [0, 0.1) is 0 Å². The summed E-state index contributed by atoms with van der Waals surface area (Å²) in [5, 5.41) is 14.3. The smallest absolute Gasteiger partial charge is 0.356 e. The van der Waals surface area contributed by atoms with Crippen LogP contribution in [0.5, 0.6) is 0 Å². The topological polar surface area (TPSA) is 96.3 Å². The number of aromatic nitrogens is 2. The van der Waals surface area contributed by atoms with E-state index in [1.54, 1.807) is 11.6 Å². The Bertz CT molecular complexity index is 389. The number of hydrogen-bond donors (Lipinski definition) is 3. The maximum Gasteiger partial charge on any atom is 0.356 e. The molecule has 1 heterocycles. The molecule has 1 rings (SSSR count). The third-order valence-electron chi connectivity index (χ3n) is 2.15. The Labute approximate surface area is 98.8 Å². The van der Waals surface area contributed by atoms with E-state index in [2.05, 4.69) is 15.6 Å². The van der Waals surface area contributed by atoms with Gasteiger partial charge in [-0.05, 0) is 7.05 Å². The Kier molecular flexibility index (Phi) is 5.15. The summed E-state index contributed by atoms with van der Waals surface area (Å²) in [7, 11) is 1.78. The molecule has 0 aromatic carbocycles. The number of amides is 1. The van der Waals surface area contributed by atoms with Crippen molar-refractivity contribution in [3.8, 4) is 0 Å². The summed E-state index contributed by atoms with van der Waals surface area (Å²) in [4.78, 5) is 25.5. The van der Waals surface area contributed by atoms with Crippen LogP contribution in [-0.2, 0) is 11.3 Å². The Morgan fingerprint density at radius 3 is 2.82 bits per heavy atom. The van der Waals surface area contributed by atoms with E-state index in [9.17, 15) is 9.59 Å². The zero-order valence-electron chi connectivity index (χ0n) is 9.64. The predicted molar refractivity (Wildman–Crippen MR) is 60.7 cm³/mol. The van der Waals surface area contributed by atoms with Gasteiger partial charge in [-0.15, -0.1) is 0 Å². The highest BCUT2D eigenvalue weighted by atomic mass is 16.4. The number of imidazole rings is 1. The lowest BCUT2D eigenvalue weighted by Crippen LogP contribution is -2.29. The van der Waals surface area contributed by atoms with E-state index >= 15 is 0 Å². The van der Waals surface area contributed by atoms with Crippen molar-refractivity contribution in [2.75, 3.05) is 20.1 Å². The van der Waals surface area contributed by atoms with Crippen molar-refractivity contribution in [3.05, 3.63) is 18.2 Å². The Morgan fingerprint density at radius 2 is 2.24 bits per heavy atom. The second-order valence-electron chi connectivity index (χ2n) is 3.51. The molecule has 17 heavy (non-hydrogen) atoms. The zero-order chi connectivity index (χ0) is 12.7. The first kappa shape index (κ1) is 13.2. The van der Waals surface area contributed by atoms with E-state index in [1.807, 2.05) is 0 Å². The van der Waals surface area contributed by atoms with Crippen molar-refractivity contribution >= 4 is 11.9 Å². The maximum atomic E-state index is 11.2. The molecule has 7 nitrogen and oxygen atoms in total. The van der Waals surface area contributed by atoms with Gasteiger partial charge in [0.05, 0.1) is 6.33 Å². The molecule has 1 amide bonds. The van der Waals surface area contributed by atoms with Gasteiger partial charge in [0.15, 0.2) is 5.69 Å². The summed E-state index contributed by atoms with van der Waals surface area (Å²) >= 11 is 0. The summed E-state index contributed by atoms with van der Waals surface area (Å²) in [6.07, 6.45) is 3.30. The van der Waals surface area contributed by atoms with E-state index in [4.69, 9.17) is 5.11 Å². The van der Waals surface area contributed by atoms with Crippen LogP contribution in [0.2, 0.25) is 0 Å². The van der Waals surface area contributed by atoms with E-state index in [0.29, 0.717) is 26.1 Å². The standard InChI is InChI=1S/C10H16N4O3/c1-11-3-2-9(15)12-4-5-14-6-8(10(16)17)13-7-14/h6-7,11H,2-5H2,1H3,(H,12,15)(H,16,17). The quantitative estimate of drug-likeness (QED) is 0.586. The Morgan fingerprint density at radius 1 is 1.47 bits per heavy atom. The monoisotopic (exact) mass is 240 g/mol. The molecule has 1 aromatic rings. The molecule has 1 aromatic heterocycles. The molecule has 0 saturated heterocycles. The molecule has 0 atom stereocenters. The molecule has 0 saturated carbocycles. The molecule has 3 N–H and O–H groups in total. The first-order chi connectivity index (χ1) is 8.13. The number of carboxylic acids is 1. The van der Waals surface area contributed by atoms with E-state index in [-0.39, 0.29) is 11.6 Å². The van der Waals surface area contributed by atoms with Gasteiger partial charge in [-0.1, -0.05) is 0 Å². The van der Waals surface area contributed by atoms with Crippen molar-refractivity contribution in [3.63, 3.8) is 0 Å². The molecule has 7 heteroatoms. The van der Waals surface area contributed by atoms with E-state index < -0.39 is 5.97 Å². The first-order valence-corrected chi connectivity index (χ1v) is 5.30. The molecule has 0 aliphatic heterocycles. The summed E-state index contributed by atoms with van der Waals surface area (Å²) in [6, 6.07) is 0. The van der Waals surface area contributed by atoms with Crippen molar-refractivity contribution in [1.82, 2.24) is 20.2 Å². The van der Waals surface area contributed by atoms with Crippen LogP contribution in [0.3, 0.4) is 0 Å². The van der Waals surface area contributed by atoms with Gasteiger partial charge in [-0.25, -0.2) is 9.78 Å². The maximum absolute atomic E-state index is 11.2. The second-order valence-corrected chi connectivity index (χ2v) is 3.51. The lowest BCUT2D eigenvalue weighted by molar-refractivity contribution is -0.121. The van der Waals surface area contributed by atoms with Gasteiger partial charge in [0, 0.05) is 32.3 Å². The Balaban J connectivity index is 2.26. The van der Waals surface area contributed by atoms with Crippen molar-refractivity contribution < 1.29 is 14.7 Å². The van der Waals surface area contributed by atoms with Gasteiger partial charge in [0.25, 0.3) is 0 Å². The van der Waals surface area contributed by atoms with Gasteiger partial charge < -0.3 is 20.3 Å². The fourth-order valence-electron chi connectivity index (χ4n) is 1.24. The van der Waals surface area contributed by atoms with Crippen LogP contribution in [-0.4, -0.2) is 46.7 Å². The number of carboxylic acid groups (broad SMARTS) is 1. The molecular weight excluding hydrogens is 224 g/mol. The van der Waals surface area contributed by atoms with Gasteiger partial charge in [-0.2, -0.15) is 0 Å². The van der Waals surface area contributed by atoms with Crippen LogP contribution < -0.4 is 10.6 Å². The number of nitrogens with one attached hydrogen (secondary N) is 2. The van der Waals surface area contributed by atoms with Crippen molar-refractivity contribution in [1.29, 1.82) is 0 Å². The van der Waals surface area contributed by atoms with Crippen LogP contribution in [0.4, 0.5) is 0 Å². The normalized spacial score (nSPS) is 10.2. The number of carbonyl (C=O) groups excluding carboxylic acids is 1. The van der Waals surface area contributed by atoms with Gasteiger partial charge in [0.1, 0.15) is 0 Å². The lowest BCUT2D eigenvalue weighted by atomic mass is 10.4. The summed E-state index contributed by atoms with van der Waals surface area (Å²) < 4.78 is 1.63. The number of carbonyl (C=O) groups is 2. The molecule has 0 spiro atoms. The predicted octanol–water partition coefficient (Wildman–Crippen LogP) is -0.693. The van der Waals surface area contributed by atoms with Crippen LogP contribution >= 0.6 is 0 Å². The lowest BCUT2D eigenvalue weighted by Gasteiger charge is -2.05.